The van der Waals surface area contributed by atoms with Crippen LogP contribution in [0.15, 0.2) is 12.2 Å². The Balaban J connectivity index is 2.61. The van der Waals surface area contributed by atoms with Crippen molar-refractivity contribution >= 4 is 11.8 Å². The third-order valence-electron chi connectivity index (χ3n) is 2.82. The average Bonchev–Trinajstić information content (AvgIpc) is 2.35. The van der Waals surface area contributed by atoms with E-state index in [0.29, 0.717) is 6.54 Å². The number of imide groups is 1. The van der Waals surface area contributed by atoms with Gasteiger partial charge in [0, 0.05) is 18.4 Å². The largest absolute Gasteiger partial charge is 0.282 e. The summed E-state index contributed by atoms with van der Waals surface area (Å²) in [4.78, 5) is 24.6. The molecule has 0 radical (unpaired) electrons. The lowest BCUT2D eigenvalue weighted by Gasteiger charge is -2.12. The van der Waals surface area contributed by atoms with Crippen molar-refractivity contribution in [3.63, 3.8) is 0 Å². The van der Waals surface area contributed by atoms with Gasteiger partial charge in [-0.25, -0.2) is 0 Å². The molecule has 2 atom stereocenters. The number of allylic oxidation sites excluding steroid dienone is 1. The lowest BCUT2D eigenvalue weighted by Crippen LogP contribution is -2.31. The van der Waals surface area contributed by atoms with Crippen LogP contribution in [0.25, 0.3) is 0 Å². The van der Waals surface area contributed by atoms with Crippen LogP contribution < -0.4 is 0 Å². The minimum absolute atomic E-state index is 0.0213. The van der Waals surface area contributed by atoms with Gasteiger partial charge in [0.2, 0.25) is 11.8 Å². The molecule has 78 valence electrons. The zero-order valence-corrected chi connectivity index (χ0v) is 8.99. The molecule has 1 saturated heterocycles. The predicted molar refractivity (Wildman–Crippen MR) is 54.5 cm³/mol. The van der Waals surface area contributed by atoms with Crippen LogP contribution in [0.3, 0.4) is 0 Å². The van der Waals surface area contributed by atoms with E-state index in [1.54, 1.807) is 0 Å². The van der Waals surface area contributed by atoms with Crippen LogP contribution in [0.4, 0.5) is 0 Å². The molecule has 3 nitrogen and oxygen atoms in total. The number of rotatable bonds is 3. The van der Waals surface area contributed by atoms with E-state index in [9.17, 15) is 9.59 Å². The van der Waals surface area contributed by atoms with Gasteiger partial charge in [0.1, 0.15) is 0 Å². The second kappa shape index (κ2) is 4.40. The Kier molecular flexibility index (Phi) is 3.44. The van der Waals surface area contributed by atoms with Gasteiger partial charge in [-0.05, 0) is 13.3 Å². The first kappa shape index (κ1) is 11.0. The quantitative estimate of drug-likeness (QED) is 0.506. The highest BCUT2D eigenvalue weighted by Crippen LogP contribution is 2.25. The summed E-state index contributed by atoms with van der Waals surface area (Å²) in [5, 5.41) is 0. The van der Waals surface area contributed by atoms with E-state index in [4.69, 9.17) is 0 Å². The van der Waals surface area contributed by atoms with Gasteiger partial charge in [-0.3, -0.25) is 14.5 Å². The van der Waals surface area contributed by atoms with Crippen LogP contribution in [-0.4, -0.2) is 23.3 Å². The van der Waals surface area contributed by atoms with Crippen molar-refractivity contribution in [3.05, 3.63) is 12.2 Å². The molecule has 0 aliphatic carbocycles. The molecule has 1 fully saturated rings. The maximum atomic E-state index is 11.6. The summed E-state index contributed by atoms with van der Waals surface area (Å²) in [6.07, 6.45) is 4.65. The second-order valence-corrected chi connectivity index (χ2v) is 3.76. The van der Waals surface area contributed by atoms with Crippen molar-refractivity contribution in [2.24, 2.45) is 11.8 Å². The summed E-state index contributed by atoms with van der Waals surface area (Å²) in [5.41, 5.74) is 0. The number of likely N-dealkylation sites (tertiary alicyclic amines) is 1. The Labute approximate surface area is 84.8 Å². The van der Waals surface area contributed by atoms with Gasteiger partial charge < -0.3 is 0 Å². The summed E-state index contributed by atoms with van der Waals surface area (Å²) in [7, 11) is 0. The summed E-state index contributed by atoms with van der Waals surface area (Å²) in [5.74, 6) is -0.333. The number of carbonyl (C=O) groups excluding carboxylic acids is 2. The van der Waals surface area contributed by atoms with E-state index in [2.05, 4.69) is 0 Å². The van der Waals surface area contributed by atoms with Gasteiger partial charge in [0.25, 0.3) is 0 Å². The summed E-state index contributed by atoms with van der Waals surface area (Å²) in [6, 6.07) is 0. The first-order chi connectivity index (χ1) is 6.59. The highest BCUT2D eigenvalue weighted by Gasteiger charge is 2.41. The third-order valence-corrected chi connectivity index (χ3v) is 2.82. The van der Waals surface area contributed by atoms with Crippen LogP contribution in [-0.2, 0) is 9.59 Å². The molecule has 1 heterocycles. The van der Waals surface area contributed by atoms with Crippen molar-refractivity contribution in [3.8, 4) is 0 Å². The first-order valence-corrected chi connectivity index (χ1v) is 5.06. The molecular weight excluding hydrogens is 178 g/mol. The van der Waals surface area contributed by atoms with E-state index in [0.717, 1.165) is 6.42 Å². The minimum atomic E-state index is -0.145. The molecule has 0 N–H and O–H groups in total. The summed E-state index contributed by atoms with van der Waals surface area (Å²) >= 11 is 0. The smallest absolute Gasteiger partial charge is 0.232 e. The number of nitrogens with zero attached hydrogens (tertiary/aromatic N) is 1. The Morgan fingerprint density at radius 1 is 1.21 bits per heavy atom. The molecule has 2 amide bonds. The molecule has 0 spiro atoms. The normalized spacial score (nSPS) is 28.1. The van der Waals surface area contributed by atoms with Gasteiger partial charge >= 0.3 is 0 Å². The minimum Gasteiger partial charge on any atom is -0.282 e. The molecule has 1 aliphatic heterocycles. The third kappa shape index (κ3) is 1.86. The molecule has 1 rings (SSSR count). The lowest BCUT2D eigenvalue weighted by atomic mass is 10.00. The van der Waals surface area contributed by atoms with Gasteiger partial charge in [-0.2, -0.15) is 0 Å². The second-order valence-electron chi connectivity index (χ2n) is 3.76. The van der Waals surface area contributed by atoms with Gasteiger partial charge in [0.15, 0.2) is 0 Å². The van der Waals surface area contributed by atoms with Crippen LogP contribution in [0, 0.1) is 11.8 Å². The molecule has 2 unspecified atom stereocenters. The van der Waals surface area contributed by atoms with Crippen LogP contribution in [0.5, 0.6) is 0 Å². The average molecular weight is 195 g/mol. The van der Waals surface area contributed by atoms with E-state index in [-0.39, 0.29) is 23.7 Å². The van der Waals surface area contributed by atoms with Crippen molar-refractivity contribution in [2.45, 2.75) is 27.2 Å². The zero-order valence-electron chi connectivity index (χ0n) is 8.99. The Bertz CT molecular complexity index is 250. The fraction of sp³-hybridized carbons (Fsp3) is 0.636. The molecular formula is C11H17NO2. The van der Waals surface area contributed by atoms with Gasteiger partial charge in [-0.1, -0.05) is 26.0 Å². The molecule has 14 heavy (non-hydrogen) atoms. The van der Waals surface area contributed by atoms with Crippen molar-refractivity contribution in [1.29, 1.82) is 0 Å². The number of amides is 2. The van der Waals surface area contributed by atoms with Gasteiger partial charge in [0.05, 0.1) is 0 Å². The molecule has 0 saturated carbocycles. The van der Waals surface area contributed by atoms with Crippen LogP contribution in [0.1, 0.15) is 27.2 Å². The zero-order chi connectivity index (χ0) is 10.7. The highest BCUT2D eigenvalue weighted by molar-refractivity contribution is 6.04. The maximum Gasteiger partial charge on any atom is 0.232 e. The van der Waals surface area contributed by atoms with E-state index < -0.39 is 0 Å². The van der Waals surface area contributed by atoms with Crippen molar-refractivity contribution < 1.29 is 9.59 Å². The van der Waals surface area contributed by atoms with Gasteiger partial charge in [-0.15, -0.1) is 0 Å². The number of hydrogen-bond donors (Lipinski definition) is 0. The van der Waals surface area contributed by atoms with Crippen molar-refractivity contribution in [1.82, 2.24) is 4.90 Å². The standard InChI is InChI=1S/C11H17NO2/c1-4-5-6-7-12-10(13)8(2)9(3)11(12)14/h4-5,8-9H,6-7H2,1-3H3. The Morgan fingerprint density at radius 3 is 2.14 bits per heavy atom. The first-order valence-electron chi connectivity index (χ1n) is 5.06. The summed E-state index contributed by atoms with van der Waals surface area (Å²) < 4.78 is 0. The molecule has 3 heteroatoms. The Morgan fingerprint density at radius 2 is 1.71 bits per heavy atom. The van der Waals surface area contributed by atoms with E-state index in [1.165, 1.54) is 4.90 Å². The maximum absolute atomic E-state index is 11.6. The summed E-state index contributed by atoms with van der Waals surface area (Å²) in [6.45, 7) is 6.09. The van der Waals surface area contributed by atoms with Crippen LogP contribution in [0.2, 0.25) is 0 Å². The molecule has 0 aromatic carbocycles. The SMILES string of the molecule is CC=CCCN1C(=O)C(C)C(C)C1=O. The number of hydrogen-bond acceptors (Lipinski definition) is 2. The monoisotopic (exact) mass is 195 g/mol. The van der Waals surface area contributed by atoms with Crippen LogP contribution >= 0.6 is 0 Å². The Hall–Kier alpha value is -1.12. The molecule has 0 bridgehead atoms. The topological polar surface area (TPSA) is 37.4 Å². The predicted octanol–water partition coefficient (Wildman–Crippen LogP) is 1.59. The molecule has 0 aromatic heterocycles. The molecule has 1 aliphatic rings. The van der Waals surface area contributed by atoms with E-state index in [1.807, 2.05) is 32.9 Å². The fourth-order valence-corrected chi connectivity index (χ4v) is 1.62. The number of carbonyl (C=O) groups is 2. The highest BCUT2D eigenvalue weighted by atomic mass is 16.2. The lowest BCUT2D eigenvalue weighted by molar-refractivity contribution is -0.139. The van der Waals surface area contributed by atoms with E-state index >= 15 is 0 Å². The van der Waals surface area contributed by atoms with Crippen molar-refractivity contribution in [2.75, 3.05) is 6.54 Å². The fourth-order valence-electron chi connectivity index (χ4n) is 1.62. The molecule has 0 aromatic rings.